The first-order valence-corrected chi connectivity index (χ1v) is 9.76. The van der Waals surface area contributed by atoms with Crippen molar-refractivity contribution in [2.75, 3.05) is 6.54 Å². The van der Waals surface area contributed by atoms with Crippen LogP contribution < -0.4 is 21.7 Å². The Hall–Kier alpha value is -4.01. The molecule has 0 saturated carbocycles. The van der Waals surface area contributed by atoms with E-state index in [1.165, 1.54) is 12.5 Å². The summed E-state index contributed by atoms with van der Waals surface area (Å²) in [5.41, 5.74) is 6.06. The quantitative estimate of drug-likeness (QED) is 0.130. The van der Waals surface area contributed by atoms with Gasteiger partial charge < -0.3 is 42.0 Å². The lowest BCUT2D eigenvalue weighted by Crippen LogP contribution is -2.56. The number of aliphatic carboxylic acids is 3. The van der Waals surface area contributed by atoms with Gasteiger partial charge in [0.1, 0.15) is 18.6 Å². The van der Waals surface area contributed by atoms with Crippen LogP contribution in [0.2, 0.25) is 0 Å². The minimum Gasteiger partial charge on any atom is -0.481 e. The molecule has 1 aromatic rings. The van der Waals surface area contributed by atoms with E-state index in [9.17, 15) is 28.8 Å². The minimum atomic E-state index is -1.40. The maximum absolute atomic E-state index is 12.8. The second-order valence-electron chi connectivity index (χ2n) is 6.99. The summed E-state index contributed by atoms with van der Waals surface area (Å²) in [6, 6.07) is -3.94. The number of carbonyl (C=O) groups excluding carboxylic acids is 3. The second kappa shape index (κ2) is 13.4. The van der Waals surface area contributed by atoms with E-state index in [-0.39, 0.29) is 19.3 Å². The fourth-order valence-corrected chi connectivity index (χ4v) is 2.61. The summed E-state index contributed by atoms with van der Waals surface area (Å²) < 4.78 is 0. The molecule has 0 aliphatic rings. The lowest BCUT2D eigenvalue weighted by molar-refractivity contribution is -0.139. The number of carboxylic acid groups (broad SMARTS) is 3. The zero-order valence-corrected chi connectivity index (χ0v) is 17.4. The van der Waals surface area contributed by atoms with E-state index in [0.717, 1.165) is 0 Å². The molecule has 0 aliphatic carbocycles. The third kappa shape index (κ3) is 10.7. The molecule has 1 aromatic heterocycles. The Morgan fingerprint density at radius 2 is 1.48 bits per heavy atom. The molecule has 0 spiro atoms. The number of amides is 3. The van der Waals surface area contributed by atoms with Crippen molar-refractivity contribution in [1.82, 2.24) is 25.9 Å². The number of hydrogen-bond acceptors (Lipinski definition) is 8. The molecule has 182 valence electrons. The van der Waals surface area contributed by atoms with Gasteiger partial charge in [-0.15, -0.1) is 0 Å². The van der Waals surface area contributed by atoms with Gasteiger partial charge in [-0.2, -0.15) is 0 Å². The monoisotopic (exact) mass is 470 g/mol. The van der Waals surface area contributed by atoms with Gasteiger partial charge in [-0.3, -0.25) is 28.8 Å². The van der Waals surface area contributed by atoms with E-state index < -0.39 is 73.1 Å². The molecule has 0 saturated heterocycles. The average molecular weight is 470 g/mol. The first kappa shape index (κ1) is 27.0. The van der Waals surface area contributed by atoms with Gasteiger partial charge in [-0.25, -0.2) is 4.98 Å². The molecule has 0 fully saturated rings. The van der Waals surface area contributed by atoms with E-state index in [1.54, 1.807) is 0 Å². The fourth-order valence-electron chi connectivity index (χ4n) is 2.61. The lowest BCUT2D eigenvalue weighted by Gasteiger charge is -2.23. The highest BCUT2D eigenvalue weighted by molar-refractivity contribution is 5.94. The lowest BCUT2D eigenvalue weighted by atomic mass is 10.1. The van der Waals surface area contributed by atoms with Crippen LogP contribution in [0.1, 0.15) is 31.4 Å². The number of nitrogens with two attached hydrogens (primary N) is 1. The van der Waals surface area contributed by atoms with Gasteiger partial charge in [0.2, 0.25) is 17.7 Å². The van der Waals surface area contributed by atoms with Crippen LogP contribution in [0.4, 0.5) is 0 Å². The van der Waals surface area contributed by atoms with Crippen molar-refractivity contribution < 1.29 is 44.1 Å². The molecule has 9 N–H and O–H groups in total. The number of aromatic amines is 1. The Labute approximate surface area is 187 Å². The Morgan fingerprint density at radius 1 is 0.879 bits per heavy atom. The zero-order chi connectivity index (χ0) is 25.0. The molecule has 0 bridgehead atoms. The highest BCUT2D eigenvalue weighted by Gasteiger charge is 2.29. The van der Waals surface area contributed by atoms with Crippen LogP contribution in [0.25, 0.3) is 0 Å². The van der Waals surface area contributed by atoms with Crippen LogP contribution in [0, 0.1) is 0 Å². The molecule has 1 heterocycles. The molecule has 3 unspecified atom stereocenters. The maximum atomic E-state index is 12.8. The second-order valence-corrected chi connectivity index (χ2v) is 6.99. The first-order valence-electron chi connectivity index (χ1n) is 9.76. The van der Waals surface area contributed by atoms with Crippen molar-refractivity contribution in [2.24, 2.45) is 5.73 Å². The van der Waals surface area contributed by atoms with Gasteiger partial charge in [0.25, 0.3) is 0 Å². The predicted molar refractivity (Wildman–Crippen MR) is 109 cm³/mol. The number of rotatable bonds is 15. The molecule has 3 amide bonds. The fraction of sp³-hybridized carbons (Fsp3) is 0.500. The van der Waals surface area contributed by atoms with E-state index in [4.69, 9.17) is 21.1 Å². The smallest absolute Gasteiger partial charge is 0.322 e. The number of aromatic nitrogens is 2. The molecule has 0 aliphatic heterocycles. The summed E-state index contributed by atoms with van der Waals surface area (Å²) in [5.74, 6) is -6.34. The summed E-state index contributed by atoms with van der Waals surface area (Å²) in [6.07, 6.45) is 1.16. The van der Waals surface area contributed by atoms with Gasteiger partial charge >= 0.3 is 17.9 Å². The van der Waals surface area contributed by atoms with Crippen molar-refractivity contribution >= 4 is 35.6 Å². The summed E-state index contributed by atoms with van der Waals surface area (Å²) in [5, 5.41) is 33.1. The van der Waals surface area contributed by atoms with Crippen LogP contribution in [0.15, 0.2) is 12.5 Å². The molecular formula is C18H26N6O9. The van der Waals surface area contributed by atoms with Gasteiger partial charge in [0, 0.05) is 31.2 Å². The molecule has 0 radical (unpaired) electrons. The van der Waals surface area contributed by atoms with Gasteiger partial charge in [0.05, 0.1) is 12.4 Å². The Morgan fingerprint density at radius 3 is 2.03 bits per heavy atom. The third-order valence-electron chi connectivity index (χ3n) is 4.31. The van der Waals surface area contributed by atoms with Crippen LogP contribution >= 0.6 is 0 Å². The Bertz CT molecular complexity index is 858. The largest absolute Gasteiger partial charge is 0.481 e. The summed E-state index contributed by atoms with van der Waals surface area (Å²) in [7, 11) is 0. The van der Waals surface area contributed by atoms with Crippen molar-refractivity contribution in [2.45, 2.75) is 50.2 Å². The van der Waals surface area contributed by atoms with Gasteiger partial charge in [-0.1, -0.05) is 0 Å². The average Bonchev–Trinajstić information content (AvgIpc) is 3.25. The molecular weight excluding hydrogens is 444 g/mol. The number of carbonyl (C=O) groups is 6. The van der Waals surface area contributed by atoms with Crippen LogP contribution in [0.3, 0.4) is 0 Å². The molecule has 0 aromatic carbocycles. The summed E-state index contributed by atoms with van der Waals surface area (Å²) in [4.78, 5) is 76.3. The molecule has 33 heavy (non-hydrogen) atoms. The number of nitrogens with one attached hydrogen (secondary N) is 4. The maximum Gasteiger partial charge on any atom is 0.322 e. The topological polar surface area (TPSA) is 254 Å². The highest BCUT2D eigenvalue weighted by Crippen LogP contribution is 2.04. The number of hydrogen-bond donors (Lipinski definition) is 8. The Balaban J connectivity index is 2.94. The molecule has 1 rings (SSSR count). The van der Waals surface area contributed by atoms with Crippen LogP contribution in [-0.4, -0.2) is 85.6 Å². The van der Waals surface area contributed by atoms with Crippen molar-refractivity contribution in [1.29, 1.82) is 0 Å². The molecule has 15 heteroatoms. The highest BCUT2D eigenvalue weighted by atomic mass is 16.4. The minimum absolute atomic E-state index is 0.102. The standard InChI is InChI=1S/C18H26N6O9/c19-10(1-3-13(25)26)16(31)23-11(2-4-14(27)28)18(33)24-12(5-9-6-20-8-22-9)17(32)21-7-15(29)30/h6,8,10-12H,1-5,7,19H2,(H,20,22)(H,21,32)(H,23,31)(H,24,33)(H,25,26)(H,27,28)(H,29,30). The molecule has 15 nitrogen and oxygen atoms in total. The van der Waals surface area contributed by atoms with Gasteiger partial charge in [0.15, 0.2) is 0 Å². The van der Waals surface area contributed by atoms with Crippen molar-refractivity contribution in [3.8, 4) is 0 Å². The van der Waals surface area contributed by atoms with Crippen LogP contribution in [0.5, 0.6) is 0 Å². The summed E-state index contributed by atoms with van der Waals surface area (Å²) >= 11 is 0. The number of imidazole rings is 1. The predicted octanol–water partition coefficient (Wildman–Crippen LogP) is -2.82. The van der Waals surface area contributed by atoms with Crippen molar-refractivity contribution in [3.05, 3.63) is 18.2 Å². The van der Waals surface area contributed by atoms with E-state index in [0.29, 0.717) is 5.69 Å². The first-order chi connectivity index (χ1) is 15.5. The third-order valence-corrected chi connectivity index (χ3v) is 4.31. The van der Waals surface area contributed by atoms with E-state index in [2.05, 4.69) is 25.9 Å². The zero-order valence-electron chi connectivity index (χ0n) is 17.4. The SMILES string of the molecule is NC(CCC(=O)O)C(=O)NC(CCC(=O)O)C(=O)NC(Cc1cnc[nH]1)C(=O)NCC(=O)O. The van der Waals surface area contributed by atoms with E-state index in [1.807, 2.05) is 0 Å². The normalized spacial score (nSPS) is 13.2. The summed E-state index contributed by atoms with van der Waals surface area (Å²) in [6.45, 7) is -0.703. The number of nitrogens with zero attached hydrogens (tertiary/aromatic N) is 1. The van der Waals surface area contributed by atoms with Crippen LogP contribution in [-0.2, 0) is 35.2 Å². The molecule has 3 atom stereocenters. The number of H-pyrrole nitrogens is 1. The number of carboxylic acids is 3. The van der Waals surface area contributed by atoms with Gasteiger partial charge in [-0.05, 0) is 12.8 Å². The van der Waals surface area contributed by atoms with Crippen molar-refractivity contribution in [3.63, 3.8) is 0 Å². The van der Waals surface area contributed by atoms with E-state index >= 15 is 0 Å². The Kier molecular flexibility index (Phi) is 11.0.